The van der Waals surface area contributed by atoms with Crippen molar-refractivity contribution in [1.82, 2.24) is 9.80 Å². The summed E-state index contributed by atoms with van der Waals surface area (Å²) in [6.45, 7) is 2.44. The summed E-state index contributed by atoms with van der Waals surface area (Å²) < 4.78 is 0. The molecule has 1 aromatic rings. The van der Waals surface area contributed by atoms with Gasteiger partial charge in [-0.25, -0.2) is 0 Å². The van der Waals surface area contributed by atoms with Crippen LogP contribution in [0.15, 0.2) is 24.3 Å². The van der Waals surface area contributed by atoms with Crippen molar-refractivity contribution in [2.45, 2.75) is 19.5 Å². The van der Waals surface area contributed by atoms with Gasteiger partial charge in [0.25, 0.3) is 0 Å². The van der Waals surface area contributed by atoms with Crippen LogP contribution >= 0.6 is 11.6 Å². The Balaban J connectivity index is 1.94. The van der Waals surface area contributed by atoms with Crippen LogP contribution in [0.3, 0.4) is 0 Å². The van der Waals surface area contributed by atoms with Crippen molar-refractivity contribution in [2.75, 3.05) is 26.5 Å². The Hall–Kier alpha value is -1.06. The van der Waals surface area contributed by atoms with Crippen LogP contribution in [0.5, 0.6) is 0 Å². The van der Waals surface area contributed by atoms with E-state index in [0.717, 1.165) is 13.1 Å². The number of carbonyl (C=O) groups excluding carboxylic acids is 1. The molecule has 0 N–H and O–H groups in total. The minimum absolute atomic E-state index is 0.225. The van der Waals surface area contributed by atoms with Crippen molar-refractivity contribution >= 4 is 17.5 Å². The molecule has 1 unspecified atom stereocenters. The third kappa shape index (κ3) is 3.95. The van der Waals surface area contributed by atoms with Gasteiger partial charge in [-0.05, 0) is 31.1 Å². The topological polar surface area (TPSA) is 23.6 Å². The van der Waals surface area contributed by atoms with Crippen LogP contribution < -0.4 is 0 Å². The van der Waals surface area contributed by atoms with E-state index in [9.17, 15) is 4.79 Å². The van der Waals surface area contributed by atoms with Gasteiger partial charge in [-0.3, -0.25) is 4.79 Å². The third-order valence-corrected chi connectivity index (χ3v) is 3.84. The number of likely N-dealkylation sites (tertiary alicyclic amines) is 1. The molecule has 0 aliphatic carbocycles. The van der Waals surface area contributed by atoms with E-state index >= 15 is 0 Å². The maximum Gasteiger partial charge on any atom is 0.223 e. The van der Waals surface area contributed by atoms with Crippen molar-refractivity contribution in [2.24, 2.45) is 5.92 Å². The van der Waals surface area contributed by atoms with Crippen molar-refractivity contribution in [3.8, 4) is 0 Å². The number of hydrogen-bond donors (Lipinski definition) is 0. The number of hydrogen-bond acceptors (Lipinski definition) is 2. The van der Waals surface area contributed by atoms with Gasteiger partial charge >= 0.3 is 0 Å². The summed E-state index contributed by atoms with van der Waals surface area (Å²) in [5.41, 5.74) is 2.48. The second kappa shape index (κ2) is 6.40. The number of halogens is 1. The number of nitrogens with zero attached hydrogens (tertiary/aromatic N) is 2. The lowest BCUT2D eigenvalue weighted by molar-refractivity contribution is -0.128. The molecule has 104 valence electrons. The smallest absolute Gasteiger partial charge is 0.223 e. The number of alkyl halides is 1. The molecule has 1 heterocycles. The second-order valence-corrected chi connectivity index (χ2v) is 5.86. The highest BCUT2D eigenvalue weighted by Gasteiger charge is 2.28. The summed E-state index contributed by atoms with van der Waals surface area (Å²) in [6, 6.07) is 8.49. The molecule has 1 aliphatic rings. The van der Waals surface area contributed by atoms with E-state index in [1.54, 1.807) is 0 Å². The van der Waals surface area contributed by atoms with Gasteiger partial charge in [-0.1, -0.05) is 24.3 Å². The summed E-state index contributed by atoms with van der Waals surface area (Å²) >= 11 is 5.83. The summed E-state index contributed by atoms with van der Waals surface area (Å²) in [5, 5.41) is 0. The normalized spacial score (nSPS) is 19.5. The molecule has 19 heavy (non-hydrogen) atoms. The molecule has 0 saturated carbocycles. The molecule has 1 fully saturated rings. The Morgan fingerprint density at radius 1 is 1.26 bits per heavy atom. The monoisotopic (exact) mass is 280 g/mol. The second-order valence-electron chi connectivity index (χ2n) is 5.55. The third-order valence-electron chi connectivity index (χ3n) is 3.41. The van der Waals surface area contributed by atoms with E-state index in [0.29, 0.717) is 24.8 Å². The first-order valence-corrected chi connectivity index (χ1v) is 7.18. The number of amides is 1. The molecule has 0 spiro atoms. The molecular weight excluding hydrogens is 260 g/mol. The van der Waals surface area contributed by atoms with E-state index in [4.69, 9.17) is 11.6 Å². The summed E-state index contributed by atoms with van der Waals surface area (Å²) in [7, 11) is 4.12. The zero-order valence-electron chi connectivity index (χ0n) is 11.6. The number of benzene rings is 1. The predicted molar refractivity (Wildman–Crippen MR) is 78.1 cm³/mol. The average molecular weight is 281 g/mol. The molecule has 1 atom stereocenters. The molecule has 0 bridgehead atoms. The van der Waals surface area contributed by atoms with Crippen molar-refractivity contribution in [1.29, 1.82) is 0 Å². The summed E-state index contributed by atoms with van der Waals surface area (Å²) in [5.74, 6) is 1.12. The van der Waals surface area contributed by atoms with E-state index in [2.05, 4.69) is 43.3 Å². The van der Waals surface area contributed by atoms with Crippen molar-refractivity contribution in [3.05, 3.63) is 35.4 Å². The Bertz CT molecular complexity index is 430. The average Bonchev–Trinajstić information content (AvgIpc) is 2.72. The molecule has 1 amide bonds. The molecule has 4 heteroatoms. The van der Waals surface area contributed by atoms with Crippen LogP contribution in [0.4, 0.5) is 0 Å². The van der Waals surface area contributed by atoms with Crippen LogP contribution in [0.2, 0.25) is 0 Å². The van der Waals surface area contributed by atoms with Gasteiger partial charge < -0.3 is 9.80 Å². The highest BCUT2D eigenvalue weighted by Crippen LogP contribution is 2.21. The molecule has 1 aliphatic heterocycles. The van der Waals surface area contributed by atoms with Crippen LogP contribution in [-0.2, 0) is 17.9 Å². The van der Waals surface area contributed by atoms with Crippen LogP contribution in [0.1, 0.15) is 17.5 Å². The van der Waals surface area contributed by atoms with Crippen LogP contribution in [0, 0.1) is 5.92 Å². The number of rotatable bonds is 5. The Labute approximate surface area is 120 Å². The lowest BCUT2D eigenvalue weighted by Gasteiger charge is -2.17. The molecule has 1 aromatic carbocycles. The molecule has 2 rings (SSSR count). The highest BCUT2D eigenvalue weighted by molar-refractivity contribution is 6.18. The lowest BCUT2D eigenvalue weighted by Crippen LogP contribution is -2.24. The Kier molecular flexibility index (Phi) is 4.83. The summed E-state index contributed by atoms with van der Waals surface area (Å²) in [6.07, 6.45) is 0.599. The fraction of sp³-hybridized carbons (Fsp3) is 0.533. The first-order valence-electron chi connectivity index (χ1n) is 6.64. The van der Waals surface area contributed by atoms with Crippen molar-refractivity contribution < 1.29 is 4.79 Å². The zero-order valence-corrected chi connectivity index (χ0v) is 12.4. The minimum atomic E-state index is 0.225. The minimum Gasteiger partial charge on any atom is -0.338 e. The van der Waals surface area contributed by atoms with Gasteiger partial charge in [-0.2, -0.15) is 0 Å². The van der Waals surface area contributed by atoms with Gasteiger partial charge in [0.1, 0.15) is 0 Å². The molecular formula is C15H21ClN2O. The van der Waals surface area contributed by atoms with E-state index < -0.39 is 0 Å². The van der Waals surface area contributed by atoms with Gasteiger partial charge in [0, 0.05) is 31.9 Å². The van der Waals surface area contributed by atoms with E-state index in [1.165, 1.54) is 11.1 Å². The van der Waals surface area contributed by atoms with Crippen LogP contribution in [-0.4, -0.2) is 42.2 Å². The standard InChI is InChI=1S/C15H21ClN2O/c1-17(2)9-12-3-5-13(6-4-12)10-18-11-14(8-16)7-15(18)19/h3-6,14H,7-11H2,1-2H3. The van der Waals surface area contributed by atoms with Gasteiger partial charge in [0.15, 0.2) is 0 Å². The quantitative estimate of drug-likeness (QED) is 0.773. The van der Waals surface area contributed by atoms with E-state index in [-0.39, 0.29) is 5.91 Å². The van der Waals surface area contributed by atoms with E-state index in [1.807, 2.05) is 4.90 Å². The first kappa shape index (κ1) is 14.4. The van der Waals surface area contributed by atoms with Crippen LogP contribution in [0.25, 0.3) is 0 Å². The lowest BCUT2D eigenvalue weighted by atomic mass is 10.1. The zero-order chi connectivity index (χ0) is 13.8. The fourth-order valence-corrected chi connectivity index (χ4v) is 2.65. The Morgan fingerprint density at radius 2 is 1.89 bits per heavy atom. The molecule has 1 saturated heterocycles. The van der Waals surface area contributed by atoms with Gasteiger partial charge in [0.2, 0.25) is 5.91 Å². The maximum atomic E-state index is 11.8. The molecule has 0 radical (unpaired) electrons. The molecule has 3 nitrogen and oxygen atoms in total. The fourth-order valence-electron chi connectivity index (χ4n) is 2.45. The van der Waals surface area contributed by atoms with Gasteiger partial charge in [-0.15, -0.1) is 11.6 Å². The SMILES string of the molecule is CN(C)Cc1ccc(CN2CC(CCl)CC2=O)cc1. The first-order chi connectivity index (χ1) is 9.08. The summed E-state index contributed by atoms with van der Waals surface area (Å²) in [4.78, 5) is 15.9. The largest absolute Gasteiger partial charge is 0.338 e. The van der Waals surface area contributed by atoms with Crippen molar-refractivity contribution in [3.63, 3.8) is 0 Å². The predicted octanol–water partition coefficient (Wildman–Crippen LogP) is 2.34. The van der Waals surface area contributed by atoms with Gasteiger partial charge in [0.05, 0.1) is 0 Å². The number of carbonyl (C=O) groups is 1. The molecule has 0 aromatic heterocycles. The Morgan fingerprint density at radius 3 is 2.42 bits per heavy atom. The maximum absolute atomic E-state index is 11.8. The highest BCUT2D eigenvalue weighted by atomic mass is 35.5.